The lowest BCUT2D eigenvalue weighted by Crippen LogP contribution is -2.34. The van der Waals surface area contributed by atoms with Gasteiger partial charge in [0.2, 0.25) is 0 Å². The van der Waals surface area contributed by atoms with Gasteiger partial charge in [-0.2, -0.15) is 13.2 Å². The molecule has 0 spiro atoms. The standard InChI is InChI=1S/C14H18F3NO/c1-4-18-12(14(15,16)17)9-5-6-11-10(7-9)8-13(2,3)19-11/h5-7,12,18H,4,8H2,1-3H3. The van der Waals surface area contributed by atoms with Crippen molar-refractivity contribution in [2.75, 3.05) is 6.54 Å². The van der Waals surface area contributed by atoms with Crippen LogP contribution in [0.15, 0.2) is 18.2 Å². The molecule has 0 saturated heterocycles. The molecule has 1 N–H and O–H groups in total. The summed E-state index contributed by atoms with van der Waals surface area (Å²) in [6.45, 7) is 5.79. The first-order valence-electron chi connectivity index (χ1n) is 6.35. The Hall–Kier alpha value is -1.23. The molecule has 1 aliphatic rings. The fraction of sp³-hybridized carbons (Fsp3) is 0.571. The maximum atomic E-state index is 13.0. The first kappa shape index (κ1) is 14.2. The zero-order valence-electron chi connectivity index (χ0n) is 11.3. The number of halogens is 3. The van der Waals surface area contributed by atoms with Gasteiger partial charge in [0.05, 0.1) is 0 Å². The Morgan fingerprint density at radius 1 is 1.37 bits per heavy atom. The third-order valence-electron chi connectivity index (χ3n) is 3.16. The summed E-state index contributed by atoms with van der Waals surface area (Å²) in [4.78, 5) is 0. The smallest absolute Gasteiger partial charge is 0.407 e. The predicted molar refractivity (Wildman–Crippen MR) is 67.3 cm³/mol. The van der Waals surface area contributed by atoms with Crippen molar-refractivity contribution in [1.29, 1.82) is 0 Å². The summed E-state index contributed by atoms with van der Waals surface area (Å²) >= 11 is 0. The molecule has 106 valence electrons. The van der Waals surface area contributed by atoms with Crippen molar-refractivity contribution in [3.63, 3.8) is 0 Å². The quantitative estimate of drug-likeness (QED) is 0.908. The predicted octanol–water partition coefficient (Wildman–Crippen LogP) is 3.61. The molecule has 1 unspecified atom stereocenters. The lowest BCUT2D eigenvalue weighted by atomic mass is 9.97. The maximum Gasteiger partial charge on any atom is 0.407 e. The molecule has 0 aliphatic carbocycles. The van der Waals surface area contributed by atoms with E-state index >= 15 is 0 Å². The molecular formula is C14H18F3NO. The molecule has 1 aromatic carbocycles. The number of hydrogen-bond donors (Lipinski definition) is 1. The van der Waals surface area contributed by atoms with Crippen LogP contribution in [-0.4, -0.2) is 18.3 Å². The number of benzene rings is 1. The van der Waals surface area contributed by atoms with Gasteiger partial charge in [-0.05, 0) is 37.6 Å². The highest BCUT2D eigenvalue weighted by molar-refractivity contribution is 5.43. The van der Waals surface area contributed by atoms with Crippen LogP contribution in [0.4, 0.5) is 13.2 Å². The number of ether oxygens (including phenoxy) is 1. The second-order valence-electron chi connectivity index (χ2n) is 5.44. The Balaban J connectivity index is 2.32. The fourth-order valence-corrected chi connectivity index (χ4v) is 2.44. The summed E-state index contributed by atoms with van der Waals surface area (Å²) in [5.41, 5.74) is 0.747. The van der Waals surface area contributed by atoms with Crippen LogP contribution in [-0.2, 0) is 6.42 Å². The lowest BCUT2D eigenvalue weighted by molar-refractivity contribution is -0.157. The molecule has 0 amide bonds. The van der Waals surface area contributed by atoms with E-state index in [2.05, 4.69) is 5.32 Å². The minimum atomic E-state index is -4.29. The number of alkyl halides is 3. The van der Waals surface area contributed by atoms with Gasteiger partial charge in [0.15, 0.2) is 0 Å². The SMILES string of the molecule is CCNC(c1ccc2c(c1)CC(C)(C)O2)C(F)(F)F. The Labute approximate surface area is 111 Å². The molecule has 1 heterocycles. The summed E-state index contributed by atoms with van der Waals surface area (Å²) < 4.78 is 44.7. The molecule has 0 aromatic heterocycles. The second-order valence-corrected chi connectivity index (χ2v) is 5.44. The monoisotopic (exact) mass is 273 g/mol. The van der Waals surface area contributed by atoms with E-state index in [1.165, 1.54) is 6.07 Å². The highest BCUT2D eigenvalue weighted by atomic mass is 19.4. The molecule has 0 radical (unpaired) electrons. The van der Waals surface area contributed by atoms with Gasteiger partial charge in [-0.1, -0.05) is 19.1 Å². The molecule has 1 aliphatic heterocycles. The number of nitrogens with one attached hydrogen (secondary N) is 1. The minimum Gasteiger partial charge on any atom is -0.487 e. The van der Waals surface area contributed by atoms with E-state index < -0.39 is 12.2 Å². The number of rotatable bonds is 3. The highest BCUT2D eigenvalue weighted by Crippen LogP contribution is 2.39. The Bertz CT molecular complexity index is 468. The van der Waals surface area contributed by atoms with Crippen LogP contribution in [0.25, 0.3) is 0 Å². The van der Waals surface area contributed by atoms with Crippen LogP contribution in [0, 0.1) is 0 Å². The van der Waals surface area contributed by atoms with Gasteiger partial charge in [0, 0.05) is 6.42 Å². The molecule has 1 aromatic rings. The van der Waals surface area contributed by atoms with Crippen LogP contribution < -0.4 is 10.1 Å². The number of fused-ring (bicyclic) bond motifs is 1. The van der Waals surface area contributed by atoms with E-state index in [-0.39, 0.29) is 17.7 Å². The van der Waals surface area contributed by atoms with E-state index in [0.29, 0.717) is 12.2 Å². The van der Waals surface area contributed by atoms with E-state index in [1.54, 1.807) is 19.1 Å². The van der Waals surface area contributed by atoms with E-state index in [1.807, 2.05) is 13.8 Å². The van der Waals surface area contributed by atoms with Gasteiger partial charge in [-0.15, -0.1) is 0 Å². The van der Waals surface area contributed by atoms with Crippen molar-refractivity contribution in [1.82, 2.24) is 5.32 Å². The third-order valence-corrected chi connectivity index (χ3v) is 3.16. The van der Waals surface area contributed by atoms with Crippen molar-refractivity contribution < 1.29 is 17.9 Å². The zero-order valence-corrected chi connectivity index (χ0v) is 11.3. The molecule has 19 heavy (non-hydrogen) atoms. The summed E-state index contributed by atoms with van der Waals surface area (Å²) in [5, 5.41) is 2.48. The van der Waals surface area contributed by atoms with Gasteiger partial charge >= 0.3 is 6.18 Å². The molecule has 0 bridgehead atoms. The average Bonchev–Trinajstić information content (AvgIpc) is 2.56. The van der Waals surface area contributed by atoms with Crippen LogP contribution in [0.5, 0.6) is 5.75 Å². The van der Waals surface area contributed by atoms with Crippen LogP contribution >= 0.6 is 0 Å². The Morgan fingerprint density at radius 3 is 2.63 bits per heavy atom. The fourth-order valence-electron chi connectivity index (χ4n) is 2.44. The van der Waals surface area contributed by atoms with Crippen LogP contribution in [0.1, 0.15) is 37.9 Å². The topological polar surface area (TPSA) is 21.3 Å². The first-order chi connectivity index (χ1) is 8.73. The lowest BCUT2D eigenvalue weighted by Gasteiger charge is -2.21. The van der Waals surface area contributed by atoms with Crippen molar-refractivity contribution in [2.45, 2.75) is 45.0 Å². The largest absolute Gasteiger partial charge is 0.487 e. The third kappa shape index (κ3) is 3.03. The second kappa shape index (κ2) is 4.71. The average molecular weight is 273 g/mol. The van der Waals surface area contributed by atoms with Crippen molar-refractivity contribution in [3.8, 4) is 5.75 Å². The number of hydrogen-bond acceptors (Lipinski definition) is 2. The van der Waals surface area contributed by atoms with Gasteiger partial charge < -0.3 is 10.1 Å². The maximum absolute atomic E-state index is 13.0. The van der Waals surface area contributed by atoms with Crippen molar-refractivity contribution >= 4 is 0 Å². The molecule has 0 fully saturated rings. The first-order valence-corrected chi connectivity index (χ1v) is 6.35. The minimum absolute atomic E-state index is 0.245. The molecule has 2 rings (SSSR count). The van der Waals surface area contributed by atoms with Gasteiger partial charge in [-0.25, -0.2) is 0 Å². The Kier molecular flexibility index (Phi) is 3.51. The molecular weight excluding hydrogens is 255 g/mol. The van der Waals surface area contributed by atoms with Gasteiger partial charge in [-0.3, -0.25) is 0 Å². The summed E-state index contributed by atoms with van der Waals surface area (Å²) in [6, 6.07) is 3.10. The summed E-state index contributed by atoms with van der Waals surface area (Å²) in [6.07, 6.45) is -3.66. The van der Waals surface area contributed by atoms with Crippen molar-refractivity contribution in [3.05, 3.63) is 29.3 Å². The normalized spacial score (nSPS) is 18.8. The van der Waals surface area contributed by atoms with E-state index in [0.717, 1.165) is 5.56 Å². The van der Waals surface area contributed by atoms with Gasteiger partial charge in [0.1, 0.15) is 17.4 Å². The van der Waals surface area contributed by atoms with Crippen LogP contribution in [0.2, 0.25) is 0 Å². The van der Waals surface area contributed by atoms with Crippen LogP contribution in [0.3, 0.4) is 0 Å². The molecule has 2 nitrogen and oxygen atoms in total. The highest BCUT2D eigenvalue weighted by Gasteiger charge is 2.41. The Morgan fingerprint density at radius 2 is 2.05 bits per heavy atom. The summed E-state index contributed by atoms with van der Waals surface area (Å²) in [7, 11) is 0. The van der Waals surface area contributed by atoms with E-state index in [4.69, 9.17) is 4.74 Å². The van der Waals surface area contributed by atoms with Crippen molar-refractivity contribution in [2.24, 2.45) is 0 Å². The molecule has 1 atom stereocenters. The molecule has 5 heteroatoms. The summed E-state index contributed by atoms with van der Waals surface area (Å²) in [5.74, 6) is 0.686. The van der Waals surface area contributed by atoms with E-state index in [9.17, 15) is 13.2 Å². The zero-order chi connectivity index (χ0) is 14.3. The van der Waals surface area contributed by atoms with Gasteiger partial charge in [0.25, 0.3) is 0 Å². The molecule has 0 saturated carbocycles.